The Morgan fingerprint density at radius 1 is 1.64 bits per heavy atom. The van der Waals surface area contributed by atoms with Crippen LogP contribution in [0.15, 0.2) is 22.7 Å². The summed E-state index contributed by atoms with van der Waals surface area (Å²) in [7, 11) is 0. The summed E-state index contributed by atoms with van der Waals surface area (Å²) in [5.41, 5.74) is 0.366. The fraction of sp³-hybridized carbons (Fsp3) is 0.111. The second kappa shape index (κ2) is 4.99. The Balaban J connectivity index is 2.86. The third-order valence-corrected chi connectivity index (χ3v) is 2.31. The number of benzene rings is 1. The third kappa shape index (κ3) is 2.72. The van der Waals surface area contributed by atoms with Gasteiger partial charge >= 0.3 is 0 Å². The lowest BCUT2D eigenvalue weighted by atomic mass is 10.2. The van der Waals surface area contributed by atoms with Crippen LogP contribution in [0.1, 0.15) is 10.4 Å². The maximum atomic E-state index is 11.4. The summed E-state index contributed by atoms with van der Waals surface area (Å²) < 4.78 is 0.805. The van der Waals surface area contributed by atoms with Crippen molar-refractivity contribution in [3.8, 4) is 6.07 Å². The number of halogens is 2. The molecule has 1 rings (SSSR count). The SMILES string of the molecule is N#CCNC(=O)c1ccc(Br)cc1Cl. The Kier molecular flexibility index (Phi) is 3.93. The number of carbonyl (C=O) groups excluding carboxylic acids is 1. The molecular weight excluding hydrogens is 267 g/mol. The number of nitrogens with zero attached hydrogens (tertiary/aromatic N) is 1. The van der Waals surface area contributed by atoms with Crippen LogP contribution >= 0.6 is 27.5 Å². The van der Waals surface area contributed by atoms with E-state index in [-0.39, 0.29) is 12.5 Å². The maximum absolute atomic E-state index is 11.4. The van der Waals surface area contributed by atoms with Crippen LogP contribution in [0, 0.1) is 11.3 Å². The maximum Gasteiger partial charge on any atom is 0.253 e. The lowest BCUT2D eigenvalue weighted by molar-refractivity contribution is 0.0958. The summed E-state index contributed by atoms with van der Waals surface area (Å²) in [6.45, 7) is -0.0226. The zero-order valence-corrected chi connectivity index (χ0v) is 9.39. The summed E-state index contributed by atoms with van der Waals surface area (Å²) in [5.74, 6) is -0.343. The minimum absolute atomic E-state index is 0.0226. The highest BCUT2D eigenvalue weighted by Crippen LogP contribution is 2.20. The van der Waals surface area contributed by atoms with Crippen LogP contribution in [0.5, 0.6) is 0 Å². The summed E-state index contributed by atoms with van der Waals surface area (Å²) >= 11 is 9.06. The van der Waals surface area contributed by atoms with Crippen molar-refractivity contribution < 1.29 is 4.79 Å². The molecule has 0 spiro atoms. The number of rotatable bonds is 2. The number of nitrogens with one attached hydrogen (secondary N) is 1. The van der Waals surface area contributed by atoms with E-state index in [1.807, 2.05) is 6.07 Å². The Morgan fingerprint density at radius 3 is 2.93 bits per heavy atom. The minimum atomic E-state index is -0.343. The molecule has 0 aliphatic rings. The van der Waals surface area contributed by atoms with E-state index in [9.17, 15) is 4.79 Å². The number of amides is 1. The van der Waals surface area contributed by atoms with Gasteiger partial charge < -0.3 is 5.32 Å². The molecule has 3 nitrogen and oxygen atoms in total. The summed E-state index contributed by atoms with van der Waals surface area (Å²) in [6.07, 6.45) is 0. The second-order valence-corrected chi connectivity index (χ2v) is 3.79. The van der Waals surface area contributed by atoms with Crippen molar-refractivity contribution in [1.82, 2.24) is 5.32 Å². The van der Waals surface area contributed by atoms with Gasteiger partial charge in [0.1, 0.15) is 6.54 Å². The predicted octanol–water partition coefficient (Wildman–Crippen LogP) is 2.36. The molecule has 0 saturated carbocycles. The van der Waals surface area contributed by atoms with Gasteiger partial charge in [-0.15, -0.1) is 0 Å². The van der Waals surface area contributed by atoms with Crippen molar-refractivity contribution in [3.63, 3.8) is 0 Å². The Labute approximate surface area is 94.8 Å². The predicted molar refractivity (Wildman–Crippen MR) is 57.1 cm³/mol. The number of nitriles is 1. The molecule has 0 fully saturated rings. The molecule has 1 N–H and O–H groups in total. The molecule has 1 aromatic carbocycles. The molecule has 0 bridgehead atoms. The molecule has 14 heavy (non-hydrogen) atoms. The van der Waals surface area contributed by atoms with Gasteiger partial charge in [-0.25, -0.2) is 0 Å². The third-order valence-electron chi connectivity index (χ3n) is 1.50. The van der Waals surface area contributed by atoms with E-state index in [0.29, 0.717) is 10.6 Å². The second-order valence-electron chi connectivity index (χ2n) is 2.46. The molecule has 5 heteroatoms. The monoisotopic (exact) mass is 272 g/mol. The Hall–Kier alpha value is -1.05. The van der Waals surface area contributed by atoms with Gasteiger partial charge in [0.15, 0.2) is 0 Å². The van der Waals surface area contributed by atoms with Gasteiger partial charge in [0.25, 0.3) is 5.91 Å². The average Bonchev–Trinajstić information content (AvgIpc) is 2.14. The van der Waals surface area contributed by atoms with Gasteiger partial charge in [0.2, 0.25) is 0 Å². The van der Waals surface area contributed by atoms with Crippen LogP contribution in [0.3, 0.4) is 0 Å². The van der Waals surface area contributed by atoms with E-state index >= 15 is 0 Å². The van der Waals surface area contributed by atoms with Gasteiger partial charge in [-0.3, -0.25) is 4.79 Å². The zero-order chi connectivity index (χ0) is 10.6. The van der Waals surface area contributed by atoms with E-state index in [1.54, 1.807) is 18.2 Å². The Bertz CT molecular complexity index is 400. The van der Waals surface area contributed by atoms with Gasteiger partial charge in [-0.1, -0.05) is 27.5 Å². The molecule has 0 aliphatic carbocycles. The van der Waals surface area contributed by atoms with Gasteiger partial charge in [0.05, 0.1) is 16.7 Å². The quantitative estimate of drug-likeness (QED) is 0.841. The number of hydrogen-bond donors (Lipinski definition) is 1. The summed E-state index contributed by atoms with van der Waals surface area (Å²) in [6, 6.07) is 6.75. The molecule has 0 atom stereocenters. The molecule has 0 saturated heterocycles. The van der Waals surface area contributed by atoms with E-state index in [1.165, 1.54) is 0 Å². The van der Waals surface area contributed by atoms with Crippen LogP contribution in [0.2, 0.25) is 5.02 Å². The minimum Gasteiger partial charge on any atom is -0.339 e. The van der Waals surface area contributed by atoms with Crippen molar-refractivity contribution in [2.75, 3.05) is 6.54 Å². The lowest BCUT2D eigenvalue weighted by Gasteiger charge is -2.03. The fourth-order valence-corrected chi connectivity index (χ4v) is 1.65. The lowest BCUT2D eigenvalue weighted by Crippen LogP contribution is -2.23. The first-order valence-electron chi connectivity index (χ1n) is 3.75. The molecule has 1 amide bonds. The van der Waals surface area contributed by atoms with Crippen LogP contribution in [-0.4, -0.2) is 12.5 Å². The van der Waals surface area contributed by atoms with Gasteiger partial charge in [-0.05, 0) is 18.2 Å². The first-order chi connectivity index (χ1) is 6.65. The standard InChI is InChI=1S/C9H6BrClN2O/c10-6-1-2-7(8(11)5-6)9(14)13-4-3-12/h1-2,5H,4H2,(H,13,14). The zero-order valence-electron chi connectivity index (χ0n) is 7.05. The topological polar surface area (TPSA) is 52.9 Å². The highest BCUT2D eigenvalue weighted by atomic mass is 79.9. The van der Waals surface area contributed by atoms with Crippen LogP contribution in [0.4, 0.5) is 0 Å². The highest BCUT2D eigenvalue weighted by Gasteiger charge is 2.09. The fourth-order valence-electron chi connectivity index (χ4n) is 0.889. The van der Waals surface area contributed by atoms with Crippen LogP contribution in [0.25, 0.3) is 0 Å². The molecule has 72 valence electrons. The van der Waals surface area contributed by atoms with E-state index < -0.39 is 0 Å². The molecule has 1 aromatic rings. The van der Waals surface area contributed by atoms with Gasteiger partial charge in [0, 0.05) is 4.47 Å². The highest BCUT2D eigenvalue weighted by molar-refractivity contribution is 9.10. The van der Waals surface area contributed by atoms with Crippen molar-refractivity contribution in [2.45, 2.75) is 0 Å². The van der Waals surface area contributed by atoms with E-state index in [0.717, 1.165) is 4.47 Å². The molecule has 0 aliphatic heterocycles. The Morgan fingerprint density at radius 2 is 2.36 bits per heavy atom. The molecular formula is C9H6BrClN2O. The van der Waals surface area contributed by atoms with Crippen molar-refractivity contribution in [2.24, 2.45) is 0 Å². The molecule has 0 unspecified atom stereocenters. The first kappa shape index (κ1) is 11.0. The largest absolute Gasteiger partial charge is 0.339 e. The van der Waals surface area contributed by atoms with Gasteiger partial charge in [-0.2, -0.15) is 5.26 Å². The molecule has 0 heterocycles. The molecule has 0 radical (unpaired) electrons. The summed E-state index contributed by atoms with van der Waals surface area (Å²) in [5, 5.41) is 11.0. The van der Waals surface area contributed by atoms with Crippen LogP contribution < -0.4 is 5.32 Å². The average molecular weight is 274 g/mol. The van der Waals surface area contributed by atoms with E-state index in [2.05, 4.69) is 21.2 Å². The number of carbonyl (C=O) groups is 1. The molecule has 0 aromatic heterocycles. The van der Waals surface area contributed by atoms with Crippen molar-refractivity contribution in [3.05, 3.63) is 33.3 Å². The normalized spacial score (nSPS) is 9.21. The van der Waals surface area contributed by atoms with E-state index in [4.69, 9.17) is 16.9 Å². The smallest absolute Gasteiger partial charge is 0.253 e. The van der Waals surface area contributed by atoms with Crippen molar-refractivity contribution in [1.29, 1.82) is 5.26 Å². The first-order valence-corrected chi connectivity index (χ1v) is 4.92. The van der Waals surface area contributed by atoms with Crippen LogP contribution in [-0.2, 0) is 0 Å². The van der Waals surface area contributed by atoms with Crippen molar-refractivity contribution >= 4 is 33.4 Å². The summed E-state index contributed by atoms with van der Waals surface area (Å²) in [4.78, 5) is 11.4. The number of hydrogen-bond acceptors (Lipinski definition) is 2.